The number of rotatable bonds is 3. The molecule has 0 atom stereocenters. The van der Waals surface area contributed by atoms with Gasteiger partial charge in [-0.2, -0.15) is 5.26 Å². The highest BCUT2D eigenvalue weighted by atomic mass is 127. The Kier molecular flexibility index (Phi) is 4.67. The Hall–Kier alpha value is -0.480. The molecule has 1 rings (SSSR count). The molecular weight excluding hydrogens is 336 g/mol. The van der Waals surface area contributed by atoms with Crippen LogP contribution >= 0.6 is 34.2 Å². The second-order valence-electron chi connectivity index (χ2n) is 2.74. The van der Waals surface area contributed by atoms with Gasteiger partial charge in [-0.15, -0.1) is 11.6 Å². The van der Waals surface area contributed by atoms with Crippen LogP contribution < -0.4 is 0 Å². The normalized spacial score (nSPS) is 10.4. The van der Waals surface area contributed by atoms with E-state index in [1.54, 1.807) is 22.6 Å². The van der Waals surface area contributed by atoms with E-state index in [2.05, 4.69) is 4.98 Å². The highest BCUT2D eigenvalue weighted by Gasteiger charge is 2.16. The Bertz CT molecular complexity index is 404. The fourth-order valence-corrected chi connectivity index (χ4v) is 2.01. The van der Waals surface area contributed by atoms with E-state index >= 15 is 0 Å². The highest BCUT2D eigenvalue weighted by molar-refractivity contribution is 14.1. The second-order valence-corrected chi connectivity index (χ2v) is 4.03. The van der Waals surface area contributed by atoms with Gasteiger partial charge in [-0.25, -0.2) is 13.8 Å². The van der Waals surface area contributed by atoms with Gasteiger partial charge in [-0.1, -0.05) is 0 Å². The summed E-state index contributed by atoms with van der Waals surface area (Å²) in [5.74, 6) is 0.122. The molecule has 0 aliphatic carbocycles. The monoisotopic (exact) mass is 342 g/mol. The molecule has 0 saturated carbocycles. The van der Waals surface area contributed by atoms with Gasteiger partial charge in [-0.05, 0) is 34.2 Å². The van der Waals surface area contributed by atoms with E-state index in [9.17, 15) is 8.78 Å². The van der Waals surface area contributed by atoms with Gasteiger partial charge in [0.2, 0.25) is 0 Å². The van der Waals surface area contributed by atoms with Gasteiger partial charge in [0.25, 0.3) is 6.43 Å². The van der Waals surface area contributed by atoms with Crippen molar-refractivity contribution in [1.82, 2.24) is 4.98 Å². The van der Waals surface area contributed by atoms with E-state index in [0.717, 1.165) is 0 Å². The molecule has 6 heteroatoms. The molecule has 0 fully saturated rings. The molecule has 0 amide bonds. The molecule has 0 saturated heterocycles. The van der Waals surface area contributed by atoms with Crippen molar-refractivity contribution in [3.8, 4) is 6.07 Å². The van der Waals surface area contributed by atoms with Crippen molar-refractivity contribution in [2.75, 3.05) is 0 Å². The second kappa shape index (κ2) is 5.56. The van der Waals surface area contributed by atoms with Crippen molar-refractivity contribution in [1.29, 1.82) is 5.26 Å². The molecule has 0 N–H and O–H groups in total. The lowest BCUT2D eigenvalue weighted by Gasteiger charge is -2.08. The third kappa shape index (κ3) is 2.98. The van der Waals surface area contributed by atoms with Crippen LogP contribution in [0.25, 0.3) is 0 Å². The summed E-state index contributed by atoms with van der Waals surface area (Å²) in [6.45, 7) is 0. The lowest BCUT2D eigenvalue weighted by Crippen LogP contribution is -2.02. The van der Waals surface area contributed by atoms with Crippen LogP contribution in [0.15, 0.2) is 6.07 Å². The Morgan fingerprint density at radius 2 is 2.27 bits per heavy atom. The Morgan fingerprint density at radius 1 is 1.60 bits per heavy atom. The third-order valence-corrected chi connectivity index (χ3v) is 2.92. The average molecular weight is 343 g/mol. The van der Waals surface area contributed by atoms with Crippen molar-refractivity contribution in [3.63, 3.8) is 0 Å². The van der Waals surface area contributed by atoms with E-state index in [0.29, 0.717) is 11.3 Å². The van der Waals surface area contributed by atoms with Crippen LogP contribution in [0.3, 0.4) is 0 Å². The number of hydrogen-bond donors (Lipinski definition) is 0. The van der Waals surface area contributed by atoms with Gasteiger partial charge in [0.05, 0.1) is 24.1 Å². The topological polar surface area (TPSA) is 36.7 Å². The van der Waals surface area contributed by atoms with Crippen molar-refractivity contribution in [3.05, 3.63) is 26.6 Å². The molecule has 0 aromatic carbocycles. The predicted molar refractivity (Wildman–Crippen MR) is 60.8 cm³/mol. The maximum absolute atomic E-state index is 12.5. The summed E-state index contributed by atoms with van der Waals surface area (Å²) in [4.78, 5) is 3.96. The summed E-state index contributed by atoms with van der Waals surface area (Å²) in [6.07, 6.45) is -2.53. The molecule has 0 unspecified atom stereocenters. The van der Waals surface area contributed by atoms with Gasteiger partial charge >= 0.3 is 0 Å². The quantitative estimate of drug-likeness (QED) is 0.479. The Morgan fingerprint density at radius 3 is 2.73 bits per heavy atom. The number of nitrogens with zero attached hydrogens (tertiary/aromatic N) is 2. The number of halogens is 4. The van der Waals surface area contributed by atoms with Crippen LogP contribution in [0.4, 0.5) is 8.78 Å². The fourth-order valence-electron chi connectivity index (χ4n) is 1.09. The van der Waals surface area contributed by atoms with Gasteiger partial charge in [0.15, 0.2) is 0 Å². The van der Waals surface area contributed by atoms with Crippen LogP contribution in [0, 0.1) is 15.0 Å². The minimum absolute atomic E-state index is 0.0473. The maximum Gasteiger partial charge on any atom is 0.266 e. The maximum atomic E-state index is 12.5. The molecule has 80 valence electrons. The van der Waals surface area contributed by atoms with Gasteiger partial charge < -0.3 is 0 Å². The smallest absolute Gasteiger partial charge is 0.245 e. The first-order valence-electron chi connectivity index (χ1n) is 3.99. The molecule has 0 spiro atoms. The largest absolute Gasteiger partial charge is 0.266 e. The minimum Gasteiger partial charge on any atom is -0.245 e. The molecule has 1 heterocycles. The van der Waals surface area contributed by atoms with E-state index in [4.69, 9.17) is 16.9 Å². The summed E-state index contributed by atoms with van der Waals surface area (Å²) in [5, 5.41) is 8.53. The first-order chi connectivity index (χ1) is 7.10. The molecule has 2 nitrogen and oxygen atoms in total. The number of pyridine rings is 1. The molecule has 15 heavy (non-hydrogen) atoms. The lowest BCUT2D eigenvalue weighted by molar-refractivity contribution is 0.149. The summed E-state index contributed by atoms with van der Waals surface area (Å²) < 4.78 is 25.3. The summed E-state index contributed by atoms with van der Waals surface area (Å²) in [5.41, 5.74) is 0.824. The average Bonchev–Trinajstić information content (AvgIpc) is 2.20. The molecular formula is C9H6ClF2IN2. The molecule has 0 bridgehead atoms. The molecule has 1 aromatic rings. The Balaban J connectivity index is 3.25. The lowest BCUT2D eigenvalue weighted by atomic mass is 10.1. The number of aromatic nitrogens is 1. The van der Waals surface area contributed by atoms with Crippen molar-refractivity contribution in [2.24, 2.45) is 0 Å². The number of alkyl halides is 3. The van der Waals surface area contributed by atoms with Crippen LogP contribution in [0.5, 0.6) is 0 Å². The summed E-state index contributed by atoms with van der Waals surface area (Å²) in [7, 11) is 0. The van der Waals surface area contributed by atoms with Crippen molar-refractivity contribution in [2.45, 2.75) is 18.7 Å². The molecule has 0 aliphatic rings. The first-order valence-corrected chi connectivity index (χ1v) is 5.60. The number of hydrogen-bond acceptors (Lipinski definition) is 2. The third-order valence-electron chi connectivity index (χ3n) is 1.80. The van der Waals surface area contributed by atoms with E-state index in [-0.39, 0.29) is 21.6 Å². The van der Waals surface area contributed by atoms with E-state index in [1.165, 1.54) is 6.07 Å². The number of nitriles is 1. The van der Waals surface area contributed by atoms with Gasteiger partial charge in [0.1, 0.15) is 3.70 Å². The van der Waals surface area contributed by atoms with Crippen LogP contribution in [-0.2, 0) is 12.3 Å². The van der Waals surface area contributed by atoms with Crippen molar-refractivity contribution >= 4 is 34.2 Å². The predicted octanol–water partition coefficient (Wildman–Crippen LogP) is 3.43. The van der Waals surface area contributed by atoms with Crippen molar-refractivity contribution < 1.29 is 8.78 Å². The zero-order chi connectivity index (χ0) is 11.4. The van der Waals surface area contributed by atoms with E-state index < -0.39 is 6.43 Å². The molecule has 1 aromatic heterocycles. The molecule has 0 aliphatic heterocycles. The first kappa shape index (κ1) is 12.6. The highest BCUT2D eigenvalue weighted by Crippen LogP contribution is 2.26. The fraction of sp³-hybridized carbons (Fsp3) is 0.333. The van der Waals surface area contributed by atoms with Gasteiger partial charge in [-0.3, -0.25) is 0 Å². The standard InChI is InChI=1S/C9H6ClF2IN2/c10-4-7-5(1-2-14)3-6(8(11)12)9(13)15-7/h3,8H,1,4H2. The van der Waals surface area contributed by atoms with E-state index in [1.807, 2.05) is 6.07 Å². The minimum atomic E-state index is -2.58. The Labute approximate surface area is 104 Å². The van der Waals surface area contributed by atoms with Crippen LogP contribution in [-0.4, -0.2) is 4.98 Å². The molecule has 0 radical (unpaired) electrons. The van der Waals surface area contributed by atoms with Crippen LogP contribution in [0.2, 0.25) is 0 Å². The zero-order valence-corrected chi connectivity index (χ0v) is 10.4. The zero-order valence-electron chi connectivity index (χ0n) is 7.48. The summed E-state index contributed by atoms with van der Waals surface area (Å²) >= 11 is 7.35. The summed E-state index contributed by atoms with van der Waals surface area (Å²) in [6, 6.07) is 3.20. The SMILES string of the molecule is N#CCc1cc(C(F)F)c(I)nc1CCl. The van der Waals surface area contributed by atoms with Gasteiger partial charge in [0, 0.05) is 5.56 Å². The van der Waals surface area contributed by atoms with Crippen LogP contribution in [0.1, 0.15) is 23.2 Å².